The number of amides is 1. The standard InChI is InChI=1S/C23H19F3N2O3/c1-13(28-22(30)23(24,25)26)15-7-8-19(21-18(15)6-3-11-31-21)20(29)17-5-2-4-14-12-27-10-9-16(14)17/h2,4-5,7-10,12-13H,3,6,11H2,1H3,(H,28,30)/t13-/m1/s1. The first-order chi connectivity index (χ1) is 14.8. The lowest BCUT2D eigenvalue weighted by molar-refractivity contribution is -0.174. The van der Waals surface area contributed by atoms with Crippen LogP contribution >= 0.6 is 0 Å². The largest absolute Gasteiger partial charge is 0.493 e. The van der Waals surface area contributed by atoms with Crippen LogP contribution in [0.4, 0.5) is 13.2 Å². The van der Waals surface area contributed by atoms with Gasteiger partial charge in [0.2, 0.25) is 0 Å². The van der Waals surface area contributed by atoms with Crippen molar-refractivity contribution < 1.29 is 27.5 Å². The summed E-state index contributed by atoms with van der Waals surface area (Å²) in [6.07, 6.45) is -0.482. The lowest BCUT2D eigenvalue weighted by atomic mass is 9.89. The first-order valence-electron chi connectivity index (χ1n) is 9.81. The van der Waals surface area contributed by atoms with Crippen LogP contribution in [0.5, 0.6) is 5.75 Å². The van der Waals surface area contributed by atoms with E-state index in [1.165, 1.54) is 6.92 Å². The molecule has 0 spiro atoms. The Morgan fingerprint density at radius 3 is 2.71 bits per heavy atom. The Labute approximate surface area is 176 Å². The van der Waals surface area contributed by atoms with Crippen LogP contribution in [-0.2, 0) is 11.2 Å². The molecule has 1 amide bonds. The molecule has 0 fully saturated rings. The van der Waals surface area contributed by atoms with Gasteiger partial charge in [-0.15, -0.1) is 0 Å². The fourth-order valence-electron chi connectivity index (χ4n) is 3.90. The number of hydrogen-bond acceptors (Lipinski definition) is 4. The summed E-state index contributed by atoms with van der Waals surface area (Å²) in [7, 11) is 0. The maximum absolute atomic E-state index is 13.4. The van der Waals surface area contributed by atoms with E-state index in [1.54, 1.807) is 42.7 Å². The summed E-state index contributed by atoms with van der Waals surface area (Å²) in [5.41, 5.74) is 1.99. The van der Waals surface area contributed by atoms with Gasteiger partial charge in [0.05, 0.1) is 18.2 Å². The van der Waals surface area contributed by atoms with Gasteiger partial charge in [-0.2, -0.15) is 13.2 Å². The first kappa shape index (κ1) is 20.8. The Morgan fingerprint density at radius 2 is 1.94 bits per heavy atom. The average molecular weight is 428 g/mol. The van der Waals surface area contributed by atoms with E-state index < -0.39 is 18.1 Å². The van der Waals surface area contributed by atoms with Gasteiger partial charge in [0.25, 0.3) is 0 Å². The van der Waals surface area contributed by atoms with Gasteiger partial charge in [-0.25, -0.2) is 0 Å². The van der Waals surface area contributed by atoms with Crippen molar-refractivity contribution in [3.05, 3.63) is 71.0 Å². The van der Waals surface area contributed by atoms with Crippen LogP contribution in [0.1, 0.15) is 46.4 Å². The molecule has 2 heterocycles. The van der Waals surface area contributed by atoms with Crippen LogP contribution in [0.2, 0.25) is 0 Å². The number of carbonyl (C=O) groups is 2. The number of rotatable bonds is 4. The summed E-state index contributed by atoms with van der Waals surface area (Å²) < 4.78 is 43.8. The maximum atomic E-state index is 13.4. The second kappa shape index (κ2) is 8.02. The molecule has 0 saturated carbocycles. The molecule has 1 atom stereocenters. The van der Waals surface area contributed by atoms with Crippen molar-refractivity contribution in [1.29, 1.82) is 0 Å². The minimum Gasteiger partial charge on any atom is -0.493 e. The summed E-state index contributed by atoms with van der Waals surface area (Å²) in [5.74, 6) is -1.88. The second-order valence-electron chi connectivity index (χ2n) is 7.39. The van der Waals surface area contributed by atoms with E-state index in [0.717, 1.165) is 10.8 Å². The monoisotopic (exact) mass is 428 g/mol. The Hall–Kier alpha value is -3.42. The molecule has 1 aromatic heterocycles. The molecular weight excluding hydrogens is 409 g/mol. The number of alkyl halides is 3. The highest BCUT2D eigenvalue weighted by Crippen LogP contribution is 2.37. The van der Waals surface area contributed by atoms with Crippen LogP contribution in [0.3, 0.4) is 0 Å². The van der Waals surface area contributed by atoms with Crippen molar-refractivity contribution in [2.75, 3.05) is 6.61 Å². The van der Waals surface area contributed by atoms with Gasteiger partial charge < -0.3 is 10.1 Å². The molecule has 8 heteroatoms. The molecule has 2 aromatic carbocycles. The maximum Gasteiger partial charge on any atom is 0.471 e. The highest BCUT2D eigenvalue weighted by Gasteiger charge is 2.39. The van der Waals surface area contributed by atoms with Gasteiger partial charge in [-0.1, -0.05) is 24.3 Å². The number of nitrogens with one attached hydrogen (secondary N) is 1. The molecule has 1 aliphatic rings. The molecule has 4 rings (SSSR count). The molecule has 160 valence electrons. The fourth-order valence-corrected chi connectivity index (χ4v) is 3.90. The summed E-state index contributed by atoms with van der Waals surface area (Å²) >= 11 is 0. The van der Waals surface area contributed by atoms with E-state index in [4.69, 9.17) is 4.74 Å². The van der Waals surface area contributed by atoms with Crippen LogP contribution in [0.25, 0.3) is 10.8 Å². The Bertz CT molecular complexity index is 1170. The molecule has 0 bridgehead atoms. The second-order valence-corrected chi connectivity index (χ2v) is 7.39. The molecule has 0 saturated heterocycles. The number of benzene rings is 2. The number of pyridine rings is 1. The molecule has 5 nitrogen and oxygen atoms in total. The number of aromatic nitrogens is 1. The number of fused-ring (bicyclic) bond motifs is 2. The van der Waals surface area contributed by atoms with E-state index >= 15 is 0 Å². The van der Waals surface area contributed by atoms with Crippen molar-refractivity contribution in [2.24, 2.45) is 0 Å². The normalized spacial score (nSPS) is 14.5. The van der Waals surface area contributed by atoms with Crippen LogP contribution in [0.15, 0.2) is 48.8 Å². The summed E-state index contributed by atoms with van der Waals surface area (Å²) in [6.45, 7) is 1.88. The molecule has 1 aliphatic heterocycles. The predicted molar refractivity (Wildman–Crippen MR) is 108 cm³/mol. The Morgan fingerprint density at radius 1 is 1.13 bits per heavy atom. The van der Waals surface area contributed by atoms with Gasteiger partial charge in [0, 0.05) is 28.9 Å². The predicted octanol–water partition coefficient (Wildman–Crippen LogP) is 4.53. The average Bonchev–Trinajstić information content (AvgIpc) is 2.76. The quantitative estimate of drug-likeness (QED) is 0.620. The number of hydrogen-bond donors (Lipinski definition) is 1. The van der Waals surface area contributed by atoms with Gasteiger partial charge in [-0.3, -0.25) is 14.6 Å². The molecule has 0 radical (unpaired) electrons. The Balaban J connectivity index is 1.75. The fraction of sp³-hybridized carbons (Fsp3) is 0.261. The van der Waals surface area contributed by atoms with E-state index in [9.17, 15) is 22.8 Å². The van der Waals surface area contributed by atoms with Crippen LogP contribution < -0.4 is 10.1 Å². The third-order valence-electron chi connectivity index (χ3n) is 5.36. The smallest absolute Gasteiger partial charge is 0.471 e. The SMILES string of the molecule is C[C@@H](NC(=O)C(F)(F)F)c1ccc(C(=O)c2cccc3cnccc23)c2c1CCCO2. The van der Waals surface area contributed by atoms with Crippen molar-refractivity contribution in [3.8, 4) is 5.75 Å². The first-order valence-corrected chi connectivity index (χ1v) is 9.81. The topological polar surface area (TPSA) is 68.3 Å². The highest BCUT2D eigenvalue weighted by atomic mass is 19.4. The van der Waals surface area contributed by atoms with Gasteiger partial charge in [0.15, 0.2) is 5.78 Å². The minimum atomic E-state index is -4.97. The zero-order chi connectivity index (χ0) is 22.2. The summed E-state index contributed by atoms with van der Waals surface area (Å²) in [5, 5.41) is 3.55. The number of nitrogens with zero attached hydrogens (tertiary/aromatic N) is 1. The van der Waals surface area contributed by atoms with Crippen molar-refractivity contribution in [1.82, 2.24) is 10.3 Å². The number of ether oxygens (including phenoxy) is 1. The summed E-state index contributed by atoms with van der Waals surface area (Å²) in [6, 6.07) is 9.37. The molecular formula is C23H19F3N2O3. The number of ketones is 1. The van der Waals surface area contributed by atoms with Gasteiger partial charge in [-0.05, 0) is 42.8 Å². The van der Waals surface area contributed by atoms with Gasteiger partial charge >= 0.3 is 12.1 Å². The Kier molecular flexibility index (Phi) is 5.39. The third kappa shape index (κ3) is 3.97. The van der Waals surface area contributed by atoms with E-state index in [1.807, 2.05) is 11.4 Å². The molecule has 1 N–H and O–H groups in total. The molecule has 3 aromatic rings. The third-order valence-corrected chi connectivity index (χ3v) is 5.36. The van der Waals surface area contributed by atoms with Crippen molar-refractivity contribution >= 4 is 22.5 Å². The molecule has 31 heavy (non-hydrogen) atoms. The number of carbonyl (C=O) groups excluding carboxylic acids is 2. The lowest BCUT2D eigenvalue weighted by Crippen LogP contribution is -2.38. The lowest BCUT2D eigenvalue weighted by Gasteiger charge is -2.26. The summed E-state index contributed by atoms with van der Waals surface area (Å²) in [4.78, 5) is 28.9. The molecule has 0 unspecified atom stereocenters. The zero-order valence-electron chi connectivity index (χ0n) is 16.6. The zero-order valence-corrected chi connectivity index (χ0v) is 16.6. The van der Waals surface area contributed by atoms with Crippen LogP contribution in [-0.4, -0.2) is 29.5 Å². The van der Waals surface area contributed by atoms with Crippen molar-refractivity contribution in [3.63, 3.8) is 0 Å². The number of halogens is 3. The van der Waals surface area contributed by atoms with E-state index in [2.05, 4.69) is 4.98 Å². The van der Waals surface area contributed by atoms with Gasteiger partial charge in [0.1, 0.15) is 5.75 Å². The molecule has 0 aliphatic carbocycles. The van der Waals surface area contributed by atoms with Crippen LogP contribution in [0, 0.1) is 0 Å². The highest BCUT2D eigenvalue weighted by molar-refractivity contribution is 6.17. The van der Waals surface area contributed by atoms with Crippen molar-refractivity contribution in [2.45, 2.75) is 32.0 Å². The van der Waals surface area contributed by atoms with E-state index in [0.29, 0.717) is 47.5 Å². The van der Waals surface area contributed by atoms with E-state index in [-0.39, 0.29) is 5.78 Å². The minimum absolute atomic E-state index is 0.242.